The van der Waals surface area contributed by atoms with Crippen LogP contribution in [0.2, 0.25) is 0 Å². The molecule has 6 rings (SSSR count). The van der Waals surface area contributed by atoms with E-state index in [1.807, 2.05) is 30.1 Å². The zero-order valence-corrected chi connectivity index (χ0v) is 23.5. The van der Waals surface area contributed by atoms with Gasteiger partial charge in [-0.15, -0.1) is 11.3 Å². The average molecular weight is 548 g/mol. The molecule has 0 saturated heterocycles. The van der Waals surface area contributed by atoms with Crippen LogP contribution in [0.1, 0.15) is 35.4 Å². The van der Waals surface area contributed by atoms with Crippen LogP contribution in [0, 0.1) is 0 Å². The number of hydrogen-bond donors (Lipinski definition) is 1. The maximum atomic E-state index is 14.2. The zero-order valence-electron chi connectivity index (χ0n) is 22.7. The molecule has 0 bridgehead atoms. The number of hydrazone groups is 1. The number of unbranched alkanes of at least 4 members (excludes halogenated alkanes) is 1. The second-order valence-corrected chi connectivity index (χ2v) is 11.2. The summed E-state index contributed by atoms with van der Waals surface area (Å²) in [6, 6.07) is 31.0. The number of hydrogen-bond acceptors (Lipinski definition) is 5. The van der Waals surface area contributed by atoms with Crippen LogP contribution >= 0.6 is 11.3 Å². The highest BCUT2D eigenvalue weighted by molar-refractivity contribution is 7.18. The van der Waals surface area contributed by atoms with Crippen molar-refractivity contribution < 1.29 is 4.79 Å². The van der Waals surface area contributed by atoms with E-state index >= 15 is 0 Å². The molecule has 7 heteroatoms. The summed E-state index contributed by atoms with van der Waals surface area (Å²) in [6.07, 6.45) is 3.34. The molecular formula is C33H33N5OS. The van der Waals surface area contributed by atoms with Crippen LogP contribution in [0.15, 0.2) is 96.1 Å². The van der Waals surface area contributed by atoms with E-state index in [4.69, 9.17) is 10.1 Å². The fourth-order valence-electron chi connectivity index (χ4n) is 5.34. The fraction of sp³-hybridized carbons (Fsp3) is 0.242. The van der Waals surface area contributed by atoms with E-state index in [0.717, 1.165) is 64.2 Å². The molecule has 0 saturated carbocycles. The molecule has 2 heterocycles. The Morgan fingerprint density at radius 1 is 0.850 bits per heavy atom. The Morgan fingerprint density at radius 2 is 1.65 bits per heavy atom. The van der Waals surface area contributed by atoms with Crippen molar-refractivity contribution in [2.24, 2.45) is 5.10 Å². The van der Waals surface area contributed by atoms with Crippen molar-refractivity contribution in [2.45, 2.75) is 32.2 Å². The first-order valence-corrected chi connectivity index (χ1v) is 14.7. The van der Waals surface area contributed by atoms with Crippen LogP contribution in [0.25, 0.3) is 21.0 Å². The van der Waals surface area contributed by atoms with Crippen molar-refractivity contribution in [3.8, 4) is 0 Å². The zero-order chi connectivity index (χ0) is 27.3. The summed E-state index contributed by atoms with van der Waals surface area (Å²) in [6.45, 7) is 1.96. The molecule has 4 aromatic carbocycles. The maximum absolute atomic E-state index is 14.2. The van der Waals surface area contributed by atoms with Crippen LogP contribution in [0.3, 0.4) is 0 Å². The molecule has 6 nitrogen and oxygen atoms in total. The summed E-state index contributed by atoms with van der Waals surface area (Å²) in [4.78, 5) is 20.9. The molecule has 0 aliphatic carbocycles. The Balaban J connectivity index is 1.35. The van der Waals surface area contributed by atoms with Crippen LogP contribution in [0.5, 0.6) is 0 Å². The van der Waals surface area contributed by atoms with Crippen molar-refractivity contribution in [3.05, 3.63) is 107 Å². The van der Waals surface area contributed by atoms with Gasteiger partial charge >= 0.3 is 6.03 Å². The third-order valence-corrected chi connectivity index (χ3v) is 8.46. The highest BCUT2D eigenvalue weighted by Crippen LogP contribution is 2.31. The summed E-state index contributed by atoms with van der Waals surface area (Å²) >= 11 is 1.73. The molecule has 0 atom stereocenters. The maximum Gasteiger partial charge on any atom is 0.345 e. The first-order chi connectivity index (χ1) is 19.7. The van der Waals surface area contributed by atoms with E-state index in [1.54, 1.807) is 16.3 Å². The topological polar surface area (TPSA) is 60.8 Å². The summed E-state index contributed by atoms with van der Waals surface area (Å²) in [5.74, 6) is 0. The number of fused-ring (bicyclic) bond motifs is 3. The van der Waals surface area contributed by atoms with Gasteiger partial charge in [0.15, 0.2) is 0 Å². The first kappa shape index (κ1) is 26.2. The van der Waals surface area contributed by atoms with E-state index in [0.29, 0.717) is 19.5 Å². The minimum atomic E-state index is -0.0835. The Labute approximate surface area is 239 Å². The highest BCUT2D eigenvalue weighted by Gasteiger charge is 2.30. The van der Waals surface area contributed by atoms with Gasteiger partial charge in [-0.05, 0) is 67.4 Å². The monoisotopic (exact) mass is 547 g/mol. The molecule has 202 valence electrons. The van der Waals surface area contributed by atoms with Gasteiger partial charge in [0.2, 0.25) is 0 Å². The van der Waals surface area contributed by atoms with Crippen LogP contribution in [0.4, 0.5) is 10.5 Å². The number of nitrogens with zero attached hydrogens (tertiary/aromatic N) is 4. The van der Waals surface area contributed by atoms with Gasteiger partial charge < -0.3 is 5.32 Å². The molecule has 1 N–H and O–H groups in total. The number of amides is 2. The van der Waals surface area contributed by atoms with Gasteiger partial charge in [-0.3, -0.25) is 4.90 Å². The van der Waals surface area contributed by atoms with E-state index in [2.05, 4.69) is 78.1 Å². The summed E-state index contributed by atoms with van der Waals surface area (Å²) in [5.41, 5.74) is 5.00. The quantitative estimate of drug-likeness (QED) is 0.188. The molecule has 1 aromatic heterocycles. The number of aromatic nitrogens is 1. The number of carbonyl (C=O) groups excluding carboxylic acids is 1. The normalized spacial score (nSPS) is 13.5. The number of benzene rings is 4. The smallest absolute Gasteiger partial charge is 0.320 e. The lowest BCUT2D eigenvalue weighted by Gasteiger charge is -2.27. The van der Waals surface area contributed by atoms with E-state index in [-0.39, 0.29) is 6.03 Å². The average Bonchev–Trinajstić information content (AvgIpc) is 3.38. The molecule has 2 amide bonds. The molecule has 5 aromatic rings. The van der Waals surface area contributed by atoms with E-state index in [1.165, 1.54) is 10.1 Å². The van der Waals surface area contributed by atoms with E-state index in [9.17, 15) is 4.79 Å². The molecule has 1 aliphatic rings. The van der Waals surface area contributed by atoms with Gasteiger partial charge in [0.05, 0.1) is 33.2 Å². The largest absolute Gasteiger partial charge is 0.345 e. The summed E-state index contributed by atoms with van der Waals surface area (Å²) < 4.78 is 1.20. The predicted molar refractivity (Wildman–Crippen MR) is 166 cm³/mol. The Kier molecular flexibility index (Phi) is 7.84. The summed E-state index contributed by atoms with van der Waals surface area (Å²) in [5, 5.41) is 13.4. The number of rotatable bonds is 10. The number of carbonyl (C=O) groups is 1. The van der Waals surface area contributed by atoms with Crippen LogP contribution in [-0.4, -0.2) is 41.9 Å². The molecule has 0 fully saturated rings. The standard InChI is InChI=1S/C33H33N5OS/c1-34-21-8-9-22-38-33(39)37(23-25-13-10-12-24-11-2-3-14-26(24)25)30-17-6-4-15-27(30)28(36-38)19-20-32-35-29-16-5-7-18-31(29)40-32/h2-7,10-18,34H,8-9,19-23H2,1H3. The second kappa shape index (κ2) is 12.0. The van der Waals surface area contributed by atoms with Crippen molar-refractivity contribution in [3.63, 3.8) is 0 Å². The van der Waals surface area contributed by atoms with Gasteiger partial charge in [-0.1, -0.05) is 72.8 Å². The Hall–Kier alpha value is -4.07. The van der Waals surface area contributed by atoms with Gasteiger partial charge in [0, 0.05) is 18.5 Å². The van der Waals surface area contributed by atoms with Gasteiger partial charge in [0.1, 0.15) is 0 Å². The Morgan fingerprint density at radius 3 is 2.55 bits per heavy atom. The third kappa shape index (κ3) is 5.48. The van der Waals surface area contributed by atoms with Crippen molar-refractivity contribution in [2.75, 3.05) is 25.0 Å². The molecule has 1 aliphatic heterocycles. The minimum absolute atomic E-state index is 0.0835. The minimum Gasteiger partial charge on any atom is -0.320 e. The second-order valence-electron chi connectivity index (χ2n) is 10.1. The molecule has 40 heavy (non-hydrogen) atoms. The number of para-hydroxylation sites is 2. The van der Waals surface area contributed by atoms with Crippen molar-refractivity contribution in [1.29, 1.82) is 0 Å². The molecule has 0 unspecified atom stereocenters. The fourth-order valence-corrected chi connectivity index (χ4v) is 6.30. The number of nitrogens with one attached hydrogen (secondary N) is 1. The first-order valence-electron chi connectivity index (χ1n) is 13.9. The number of aryl methyl sites for hydroxylation is 1. The van der Waals surface area contributed by atoms with Gasteiger partial charge in [0.25, 0.3) is 0 Å². The van der Waals surface area contributed by atoms with Gasteiger partial charge in [-0.2, -0.15) is 5.10 Å². The molecular weight excluding hydrogens is 514 g/mol. The summed E-state index contributed by atoms with van der Waals surface area (Å²) in [7, 11) is 1.96. The lowest BCUT2D eigenvalue weighted by atomic mass is 10.0. The lowest BCUT2D eigenvalue weighted by Crippen LogP contribution is -2.40. The molecule has 0 spiro atoms. The SMILES string of the molecule is CNCCCCN1N=C(CCc2nc3ccccc3s2)c2ccccc2N(Cc2cccc3ccccc23)C1=O. The number of anilines is 1. The lowest BCUT2D eigenvalue weighted by molar-refractivity contribution is 0.206. The highest BCUT2D eigenvalue weighted by atomic mass is 32.1. The van der Waals surface area contributed by atoms with Gasteiger partial charge in [-0.25, -0.2) is 14.8 Å². The van der Waals surface area contributed by atoms with Crippen molar-refractivity contribution >= 4 is 49.8 Å². The van der Waals surface area contributed by atoms with Crippen LogP contribution < -0.4 is 10.2 Å². The predicted octanol–water partition coefficient (Wildman–Crippen LogP) is 7.23. The van der Waals surface area contributed by atoms with Crippen molar-refractivity contribution in [1.82, 2.24) is 15.3 Å². The third-order valence-electron chi connectivity index (χ3n) is 7.37. The molecule has 0 radical (unpaired) electrons. The number of thiazole rings is 1. The van der Waals surface area contributed by atoms with E-state index < -0.39 is 0 Å². The number of urea groups is 1. The Bertz CT molecular complexity index is 1640. The van der Waals surface area contributed by atoms with Crippen LogP contribution in [-0.2, 0) is 13.0 Å².